The van der Waals surface area contributed by atoms with Gasteiger partial charge in [-0.3, -0.25) is 4.68 Å². The van der Waals surface area contributed by atoms with Crippen molar-refractivity contribution in [1.29, 1.82) is 0 Å². The van der Waals surface area contributed by atoms with Crippen LogP contribution in [0.15, 0.2) is 48.1 Å². The minimum Gasteiger partial charge on any atom is -0.497 e. The Morgan fingerprint density at radius 2 is 2.22 bits per heavy atom. The van der Waals surface area contributed by atoms with Gasteiger partial charge in [0.25, 0.3) is 0 Å². The van der Waals surface area contributed by atoms with Crippen LogP contribution in [0.1, 0.15) is 5.56 Å². The molecule has 3 aromatic heterocycles. The van der Waals surface area contributed by atoms with Gasteiger partial charge in [0.15, 0.2) is 11.5 Å². The highest BCUT2D eigenvalue weighted by Crippen LogP contribution is 2.18. The molecule has 0 N–H and O–H groups in total. The lowest BCUT2D eigenvalue weighted by Crippen LogP contribution is -2.00. The van der Waals surface area contributed by atoms with E-state index in [9.17, 15) is 0 Å². The zero-order chi connectivity index (χ0) is 15.6. The zero-order valence-electron chi connectivity index (χ0n) is 12.4. The van der Waals surface area contributed by atoms with Crippen molar-refractivity contribution in [3.05, 3.63) is 53.7 Å². The van der Waals surface area contributed by atoms with Crippen LogP contribution >= 0.6 is 11.5 Å². The van der Waals surface area contributed by atoms with E-state index in [-0.39, 0.29) is 0 Å². The second-order valence-electron chi connectivity index (χ2n) is 5.04. The molecule has 7 heteroatoms. The van der Waals surface area contributed by atoms with Crippen molar-refractivity contribution < 1.29 is 4.74 Å². The van der Waals surface area contributed by atoms with Crippen molar-refractivity contribution in [2.45, 2.75) is 6.54 Å². The van der Waals surface area contributed by atoms with Crippen molar-refractivity contribution in [2.75, 3.05) is 7.11 Å². The molecule has 4 rings (SSSR count). The van der Waals surface area contributed by atoms with E-state index >= 15 is 0 Å². The quantitative estimate of drug-likeness (QED) is 0.577. The number of hydrogen-bond donors (Lipinski definition) is 0. The Hall–Kier alpha value is -2.80. The zero-order valence-corrected chi connectivity index (χ0v) is 13.2. The van der Waals surface area contributed by atoms with Crippen molar-refractivity contribution in [2.24, 2.45) is 0 Å². The molecular weight excluding hydrogens is 310 g/mol. The number of ether oxygens (including phenoxy) is 1. The Labute approximate surface area is 136 Å². The first kappa shape index (κ1) is 13.8. The molecule has 114 valence electrons. The van der Waals surface area contributed by atoms with Gasteiger partial charge in [-0.25, -0.2) is 9.97 Å². The van der Waals surface area contributed by atoms with Crippen molar-refractivity contribution in [1.82, 2.24) is 24.1 Å². The van der Waals surface area contributed by atoms with Crippen molar-refractivity contribution in [3.63, 3.8) is 0 Å². The molecule has 3 heterocycles. The molecule has 0 amide bonds. The molecule has 0 fully saturated rings. The summed E-state index contributed by atoms with van der Waals surface area (Å²) >= 11 is 1.38. The van der Waals surface area contributed by atoms with E-state index in [2.05, 4.69) is 19.4 Å². The summed E-state index contributed by atoms with van der Waals surface area (Å²) in [5, 5.41) is 7.35. The van der Waals surface area contributed by atoms with E-state index in [0.29, 0.717) is 18.0 Å². The van der Waals surface area contributed by atoms with E-state index in [1.165, 1.54) is 11.5 Å². The second-order valence-corrected chi connectivity index (χ2v) is 5.70. The summed E-state index contributed by atoms with van der Waals surface area (Å²) in [6.07, 6.45) is 3.73. The first-order valence-electron chi connectivity index (χ1n) is 7.06. The van der Waals surface area contributed by atoms with Gasteiger partial charge in [-0.05, 0) is 35.3 Å². The van der Waals surface area contributed by atoms with Gasteiger partial charge < -0.3 is 4.74 Å². The summed E-state index contributed by atoms with van der Waals surface area (Å²) in [5.74, 6) is 1.44. The highest BCUT2D eigenvalue weighted by molar-refractivity contribution is 7.03. The number of rotatable bonds is 4. The lowest BCUT2D eigenvalue weighted by Gasteiger charge is -2.04. The number of nitrogens with zero attached hydrogens (tertiary/aromatic N) is 5. The van der Waals surface area contributed by atoms with E-state index in [4.69, 9.17) is 4.74 Å². The van der Waals surface area contributed by atoms with E-state index < -0.39 is 0 Å². The minimum absolute atomic E-state index is 0.602. The van der Waals surface area contributed by atoms with Gasteiger partial charge >= 0.3 is 0 Å². The van der Waals surface area contributed by atoms with E-state index in [1.54, 1.807) is 13.3 Å². The normalized spacial score (nSPS) is 11.0. The summed E-state index contributed by atoms with van der Waals surface area (Å²) in [7, 11) is 1.66. The molecule has 0 saturated carbocycles. The number of fused-ring (bicyclic) bond motifs is 1. The van der Waals surface area contributed by atoms with Crippen LogP contribution in [0.25, 0.3) is 22.6 Å². The van der Waals surface area contributed by atoms with Gasteiger partial charge in [0.1, 0.15) is 11.4 Å². The lowest BCUT2D eigenvalue weighted by atomic mass is 10.2. The third kappa shape index (κ3) is 2.78. The Morgan fingerprint density at radius 1 is 1.26 bits per heavy atom. The van der Waals surface area contributed by atoms with Gasteiger partial charge in [0, 0.05) is 17.8 Å². The summed E-state index contributed by atoms with van der Waals surface area (Å²) < 4.78 is 11.4. The molecule has 0 saturated heterocycles. The maximum Gasteiger partial charge on any atom is 0.184 e. The molecule has 0 aliphatic carbocycles. The number of methoxy groups -OCH3 is 1. The van der Waals surface area contributed by atoms with Crippen LogP contribution in [0.4, 0.5) is 0 Å². The largest absolute Gasteiger partial charge is 0.497 e. The van der Waals surface area contributed by atoms with Crippen LogP contribution in [0.5, 0.6) is 5.75 Å². The molecule has 0 bridgehead atoms. The molecule has 0 aliphatic rings. The monoisotopic (exact) mass is 323 g/mol. The Morgan fingerprint density at radius 3 is 3.04 bits per heavy atom. The fraction of sp³-hybridized carbons (Fsp3) is 0.125. The third-order valence-electron chi connectivity index (χ3n) is 3.45. The maximum atomic E-state index is 5.25. The Kier molecular flexibility index (Phi) is 3.47. The topological polar surface area (TPSA) is 65.7 Å². The van der Waals surface area contributed by atoms with Gasteiger partial charge in [-0.15, -0.1) is 0 Å². The van der Waals surface area contributed by atoms with Crippen LogP contribution in [-0.2, 0) is 6.54 Å². The van der Waals surface area contributed by atoms with E-state index in [1.807, 2.05) is 46.6 Å². The first-order chi connectivity index (χ1) is 11.3. The van der Waals surface area contributed by atoms with E-state index in [0.717, 1.165) is 22.4 Å². The Bertz CT molecular complexity index is 948. The van der Waals surface area contributed by atoms with Crippen LogP contribution in [0, 0.1) is 0 Å². The van der Waals surface area contributed by atoms with Crippen molar-refractivity contribution >= 4 is 22.6 Å². The van der Waals surface area contributed by atoms with Crippen LogP contribution < -0.4 is 4.74 Å². The van der Waals surface area contributed by atoms with Gasteiger partial charge in [-0.1, -0.05) is 12.1 Å². The lowest BCUT2D eigenvalue weighted by molar-refractivity contribution is 0.414. The molecular formula is C16H13N5OS. The molecule has 0 radical (unpaired) electrons. The SMILES string of the molecule is COc1cccc(Cn2cc3cnc(-c4ccsn4)nc3n2)c1. The van der Waals surface area contributed by atoms with Crippen LogP contribution in [-0.4, -0.2) is 31.2 Å². The first-order valence-corrected chi connectivity index (χ1v) is 7.89. The predicted octanol–water partition coefficient (Wildman–Crippen LogP) is 3.01. The van der Waals surface area contributed by atoms with Crippen molar-refractivity contribution in [3.8, 4) is 17.3 Å². The fourth-order valence-corrected chi connectivity index (χ4v) is 2.86. The number of aromatic nitrogens is 5. The average molecular weight is 323 g/mol. The molecule has 4 aromatic rings. The van der Waals surface area contributed by atoms with Crippen LogP contribution in [0.2, 0.25) is 0 Å². The summed E-state index contributed by atoms with van der Waals surface area (Å²) in [4.78, 5) is 8.85. The molecule has 1 aromatic carbocycles. The molecule has 6 nitrogen and oxygen atoms in total. The molecule has 23 heavy (non-hydrogen) atoms. The van der Waals surface area contributed by atoms with Gasteiger partial charge in [-0.2, -0.15) is 9.47 Å². The molecule has 0 unspecified atom stereocenters. The highest BCUT2D eigenvalue weighted by Gasteiger charge is 2.08. The minimum atomic E-state index is 0.602. The standard InChI is InChI=1S/C16H13N5OS/c1-22-13-4-2-3-11(7-13)9-21-10-12-8-17-16(18-15(12)19-21)14-5-6-23-20-14/h2-8,10H,9H2,1H3. The van der Waals surface area contributed by atoms with Gasteiger partial charge in [0.2, 0.25) is 0 Å². The fourth-order valence-electron chi connectivity index (χ4n) is 2.35. The molecule has 0 atom stereocenters. The third-order valence-corrected chi connectivity index (χ3v) is 4.01. The summed E-state index contributed by atoms with van der Waals surface area (Å²) in [6.45, 7) is 0.652. The summed E-state index contributed by atoms with van der Waals surface area (Å²) in [6, 6.07) is 9.84. The van der Waals surface area contributed by atoms with Crippen LogP contribution in [0.3, 0.4) is 0 Å². The molecule has 0 aliphatic heterocycles. The Balaban J connectivity index is 1.66. The smallest absolute Gasteiger partial charge is 0.184 e. The highest BCUT2D eigenvalue weighted by atomic mass is 32.1. The number of hydrogen-bond acceptors (Lipinski definition) is 6. The molecule has 0 spiro atoms. The second kappa shape index (κ2) is 5.77. The maximum absolute atomic E-state index is 5.25. The number of benzene rings is 1. The van der Waals surface area contributed by atoms with Gasteiger partial charge in [0.05, 0.1) is 19.0 Å². The predicted molar refractivity (Wildman–Crippen MR) is 88.5 cm³/mol. The average Bonchev–Trinajstić information content (AvgIpc) is 3.23. The summed E-state index contributed by atoms with van der Waals surface area (Å²) in [5.41, 5.74) is 2.56.